The molecule has 0 amide bonds. The van der Waals surface area contributed by atoms with Gasteiger partial charge >= 0.3 is 0 Å². The van der Waals surface area contributed by atoms with Crippen LogP contribution in [0.5, 0.6) is 0 Å². The number of hydrogen-bond donors (Lipinski definition) is 1. The average molecular weight is 188 g/mol. The highest BCUT2D eigenvalue weighted by Crippen LogP contribution is 2.25. The van der Waals surface area contributed by atoms with Gasteiger partial charge in [0, 0.05) is 6.61 Å². The van der Waals surface area contributed by atoms with Gasteiger partial charge in [0.2, 0.25) is 0 Å². The van der Waals surface area contributed by atoms with Crippen molar-refractivity contribution in [2.24, 2.45) is 5.92 Å². The second-order valence-electron chi connectivity index (χ2n) is 3.84. The fourth-order valence-corrected chi connectivity index (χ4v) is 1.97. The van der Waals surface area contributed by atoms with Crippen LogP contribution in [-0.4, -0.2) is 18.5 Å². The van der Waals surface area contributed by atoms with Crippen molar-refractivity contribution in [2.75, 3.05) is 12.4 Å². The molecule has 72 valence electrons. The van der Waals surface area contributed by atoms with Gasteiger partial charge in [0.25, 0.3) is 0 Å². The van der Waals surface area contributed by atoms with Gasteiger partial charge in [-0.2, -0.15) is 12.6 Å². The van der Waals surface area contributed by atoms with Gasteiger partial charge < -0.3 is 4.74 Å². The summed E-state index contributed by atoms with van der Waals surface area (Å²) >= 11 is 4.16. The monoisotopic (exact) mass is 188 g/mol. The molecular weight excluding hydrogens is 168 g/mol. The largest absolute Gasteiger partial charge is 0.378 e. The van der Waals surface area contributed by atoms with Crippen molar-refractivity contribution >= 4 is 12.6 Å². The first-order valence-electron chi connectivity index (χ1n) is 5.05. The SMILES string of the molecule is CC1CCCC(OCCCS)C1. The molecule has 0 spiro atoms. The molecule has 1 aliphatic rings. The van der Waals surface area contributed by atoms with Crippen molar-refractivity contribution in [1.82, 2.24) is 0 Å². The maximum absolute atomic E-state index is 5.74. The minimum atomic E-state index is 0.550. The van der Waals surface area contributed by atoms with Crippen LogP contribution in [0.2, 0.25) is 0 Å². The van der Waals surface area contributed by atoms with Crippen LogP contribution >= 0.6 is 12.6 Å². The third-order valence-corrected chi connectivity index (χ3v) is 2.86. The molecule has 0 heterocycles. The van der Waals surface area contributed by atoms with Crippen LogP contribution in [0.25, 0.3) is 0 Å². The Kier molecular flexibility index (Phi) is 5.08. The van der Waals surface area contributed by atoms with E-state index in [9.17, 15) is 0 Å². The van der Waals surface area contributed by atoms with Gasteiger partial charge in [-0.05, 0) is 30.9 Å². The molecule has 1 aliphatic carbocycles. The van der Waals surface area contributed by atoms with Crippen LogP contribution in [0.4, 0.5) is 0 Å². The van der Waals surface area contributed by atoms with Crippen molar-refractivity contribution < 1.29 is 4.74 Å². The minimum Gasteiger partial charge on any atom is -0.378 e. The van der Waals surface area contributed by atoms with Gasteiger partial charge in [-0.1, -0.05) is 19.8 Å². The van der Waals surface area contributed by atoms with E-state index in [1.807, 2.05) is 0 Å². The van der Waals surface area contributed by atoms with Crippen molar-refractivity contribution in [1.29, 1.82) is 0 Å². The van der Waals surface area contributed by atoms with Crippen molar-refractivity contribution in [3.8, 4) is 0 Å². The van der Waals surface area contributed by atoms with Gasteiger partial charge in [0.1, 0.15) is 0 Å². The van der Waals surface area contributed by atoms with Gasteiger partial charge in [0.05, 0.1) is 6.10 Å². The number of thiol groups is 1. The average Bonchev–Trinajstić information content (AvgIpc) is 2.05. The van der Waals surface area contributed by atoms with E-state index in [4.69, 9.17) is 4.74 Å². The Bertz CT molecular complexity index is 116. The summed E-state index contributed by atoms with van der Waals surface area (Å²) in [6.07, 6.45) is 6.94. The molecule has 2 unspecified atom stereocenters. The van der Waals surface area contributed by atoms with Crippen LogP contribution in [-0.2, 0) is 4.74 Å². The van der Waals surface area contributed by atoms with Crippen LogP contribution in [0.3, 0.4) is 0 Å². The fraction of sp³-hybridized carbons (Fsp3) is 1.00. The van der Waals surface area contributed by atoms with E-state index in [2.05, 4.69) is 19.6 Å². The Balaban J connectivity index is 2.06. The Morgan fingerprint density at radius 2 is 2.25 bits per heavy atom. The molecule has 1 nitrogen and oxygen atoms in total. The van der Waals surface area contributed by atoms with E-state index < -0.39 is 0 Å². The highest BCUT2D eigenvalue weighted by atomic mass is 32.1. The molecule has 1 saturated carbocycles. The van der Waals surface area contributed by atoms with Crippen LogP contribution < -0.4 is 0 Å². The molecule has 1 fully saturated rings. The molecule has 0 aliphatic heterocycles. The van der Waals surface area contributed by atoms with Gasteiger partial charge in [0.15, 0.2) is 0 Å². The van der Waals surface area contributed by atoms with E-state index in [1.165, 1.54) is 25.7 Å². The van der Waals surface area contributed by atoms with E-state index >= 15 is 0 Å². The summed E-state index contributed by atoms with van der Waals surface area (Å²) < 4.78 is 5.74. The predicted molar refractivity (Wildman–Crippen MR) is 55.8 cm³/mol. The maximum Gasteiger partial charge on any atom is 0.0577 e. The van der Waals surface area contributed by atoms with Crippen LogP contribution in [0.15, 0.2) is 0 Å². The molecule has 0 radical (unpaired) electrons. The molecular formula is C10H20OS. The molecule has 0 aromatic rings. The van der Waals surface area contributed by atoms with Crippen LogP contribution in [0.1, 0.15) is 39.0 Å². The summed E-state index contributed by atoms with van der Waals surface area (Å²) in [4.78, 5) is 0. The normalized spacial score (nSPS) is 30.5. The topological polar surface area (TPSA) is 9.23 Å². The Labute approximate surface area is 81.3 Å². The highest BCUT2D eigenvalue weighted by Gasteiger charge is 2.18. The molecule has 0 aromatic carbocycles. The van der Waals surface area contributed by atoms with Crippen LogP contribution in [0, 0.1) is 5.92 Å². The molecule has 2 heteroatoms. The predicted octanol–water partition coefficient (Wildman–Crippen LogP) is 2.90. The molecule has 0 bridgehead atoms. The zero-order valence-corrected chi connectivity index (χ0v) is 8.85. The first-order valence-corrected chi connectivity index (χ1v) is 5.68. The maximum atomic E-state index is 5.74. The smallest absolute Gasteiger partial charge is 0.0577 e. The fourth-order valence-electron chi connectivity index (χ4n) is 1.84. The minimum absolute atomic E-state index is 0.550. The zero-order valence-electron chi connectivity index (χ0n) is 7.96. The molecule has 2 atom stereocenters. The molecule has 0 saturated heterocycles. The lowest BCUT2D eigenvalue weighted by Crippen LogP contribution is -2.21. The van der Waals surface area contributed by atoms with E-state index in [1.54, 1.807) is 0 Å². The Hall–Kier alpha value is 0.310. The lowest BCUT2D eigenvalue weighted by atomic mass is 9.89. The first kappa shape index (κ1) is 10.4. The van der Waals surface area contributed by atoms with Gasteiger partial charge in [-0.3, -0.25) is 0 Å². The number of rotatable bonds is 4. The summed E-state index contributed by atoms with van der Waals surface area (Å²) in [6, 6.07) is 0. The third kappa shape index (κ3) is 3.81. The molecule has 0 N–H and O–H groups in total. The summed E-state index contributed by atoms with van der Waals surface area (Å²) in [5, 5.41) is 0. The summed E-state index contributed by atoms with van der Waals surface area (Å²) in [6.45, 7) is 3.23. The van der Waals surface area contributed by atoms with Crippen molar-refractivity contribution in [3.05, 3.63) is 0 Å². The molecule has 12 heavy (non-hydrogen) atoms. The Morgan fingerprint density at radius 1 is 1.42 bits per heavy atom. The summed E-state index contributed by atoms with van der Waals surface area (Å²) in [7, 11) is 0. The van der Waals surface area contributed by atoms with E-state index in [0.29, 0.717) is 6.10 Å². The van der Waals surface area contributed by atoms with Crippen molar-refractivity contribution in [3.63, 3.8) is 0 Å². The highest BCUT2D eigenvalue weighted by molar-refractivity contribution is 7.80. The summed E-state index contributed by atoms with van der Waals surface area (Å²) in [5.41, 5.74) is 0. The molecule has 1 rings (SSSR count). The lowest BCUT2D eigenvalue weighted by molar-refractivity contribution is 0.0164. The molecule has 0 aromatic heterocycles. The van der Waals surface area contributed by atoms with Gasteiger partial charge in [-0.25, -0.2) is 0 Å². The third-order valence-electron chi connectivity index (χ3n) is 2.54. The second kappa shape index (κ2) is 5.87. The number of hydrogen-bond acceptors (Lipinski definition) is 2. The van der Waals surface area contributed by atoms with Crippen molar-refractivity contribution in [2.45, 2.75) is 45.1 Å². The summed E-state index contributed by atoms with van der Waals surface area (Å²) in [5.74, 6) is 1.82. The quantitative estimate of drug-likeness (QED) is 0.527. The van der Waals surface area contributed by atoms with E-state index in [-0.39, 0.29) is 0 Å². The second-order valence-corrected chi connectivity index (χ2v) is 4.29. The zero-order chi connectivity index (χ0) is 8.81. The van der Waals surface area contributed by atoms with E-state index in [0.717, 1.165) is 24.7 Å². The first-order chi connectivity index (χ1) is 5.83. The Morgan fingerprint density at radius 3 is 2.92 bits per heavy atom. The standard InChI is InChI=1S/C10H20OS/c1-9-4-2-5-10(8-9)11-6-3-7-12/h9-10,12H,2-8H2,1H3. The van der Waals surface area contributed by atoms with Gasteiger partial charge in [-0.15, -0.1) is 0 Å². The number of ether oxygens (including phenoxy) is 1. The lowest BCUT2D eigenvalue weighted by Gasteiger charge is -2.26.